The number of rotatable bonds is 11. The first-order valence-electron chi connectivity index (χ1n) is 13.6. The maximum atomic E-state index is 13.5. The molecule has 0 spiro atoms. The van der Waals surface area contributed by atoms with Crippen molar-refractivity contribution in [2.45, 2.75) is 103 Å². The molecule has 1 heterocycles. The Bertz CT molecular complexity index is 1070. The lowest BCUT2D eigenvalue weighted by atomic mass is 10.0. The van der Waals surface area contributed by atoms with Gasteiger partial charge in [0.1, 0.15) is 12.2 Å². The number of carbonyl (C=O) groups excluding carboxylic acids is 3. The first kappa shape index (κ1) is 30.2. The molecule has 0 N–H and O–H groups in total. The summed E-state index contributed by atoms with van der Waals surface area (Å²) in [6, 6.07) is 17.1. The van der Waals surface area contributed by atoms with Crippen LogP contribution in [0.1, 0.15) is 65.5 Å². The predicted molar refractivity (Wildman–Crippen MR) is 149 cm³/mol. The third-order valence-electron chi connectivity index (χ3n) is 7.05. The van der Waals surface area contributed by atoms with Crippen molar-refractivity contribution in [2.75, 3.05) is 0 Å². The highest BCUT2D eigenvalue weighted by atomic mass is 16.6. The van der Waals surface area contributed by atoms with Gasteiger partial charge in [0.25, 0.3) is 0 Å². The van der Waals surface area contributed by atoms with Crippen molar-refractivity contribution in [2.24, 2.45) is 0 Å². The second kappa shape index (κ2) is 13.6. The topological polar surface area (TPSA) is 85.4 Å². The highest BCUT2D eigenvalue weighted by Crippen LogP contribution is 2.31. The van der Waals surface area contributed by atoms with Gasteiger partial charge in [-0.2, -0.15) is 0 Å². The molecule has 8 heteroatoms. The Morgan fingerprint density at radius 3 is 2.08 bits per heavy atom. The largest absolute Gasteiger partial charge is 0.459 e. The Labute approximate surface area is 232 Å². The molecule has 5 atom stereocenters. The van der Waals surface area contributed by atoms with E-state index in [4.69, 9.17) is 14.2 Å². The van der Waals surface area contributed by atoms with Crippen LogP contribution in [0.25, 0.3) is 0 Å². The van der Waals surface area contributed by atoms with Crippen LogP contribution < -0.4 is 0 Å². The molecular weight excluding hydrogens is 496 g/mol. The average molecular weight is 539 g/mol. The summed E-state index contributed by atoms with van der Waals surface area (Å²) < 4.78 is 17.5. The molecule has 3 unspecified atom stereocenters. The van der Waals surface area contributed by atoms with Crippen LogP contribution in [0.5, 0.6) is 0 Å². The Balaban J connectivity index is 1.84. The van der Waals surface area contributed by atoms with Crippen LogP contribution in [0.2, 0.25) is 0 Å². The predicted octanol–water partition coefficient (Wildman–Crippen LogP) is 5.34. The van der Waals surface area contributed by atoms with Crippen molar-refractivity contribution >= 4 is 18.5 Å². The Morgan fingerprint density at radius 1 is 0.974 bits per heavy atom. The molecule has 1 fully saturated rings. The van der Waals surface area contributed by atoms with E-state index in [2.05, 4.69) is 0 Å². The van der Waals surface area contributed by atoms with Crippen LogP contribution in [0, 0.1) is 0 Å². The van der Waals surface area contributed by atoms with E-state index in [-0.39, 0.29) is 25.3 Å². The molecule has 8 nitrogen and oxygen atoms in total. The zero-order valence-electron chi connectivity index (χ0n) is 23.9. The van der Waals surface area contributed by atoms with Gasteiger partial charge in [0.2, 0.25) is 6.41 Å². The number of benzene rings is 2. The van der Waals surface area contributed by atoms with Gasteiger partial charge in [0.05, 0.1) is 24.8 Å². The Hall–Kier alpha value is -3.39. The van der Waals surface area contributed by atoms with Gasteiger partial charge in [-0.1, -0.05) is 60.7 Å². The van der Waals surface area contributed by atoms with Gasteiger partial charge in [-0.15, -0.1) is 0 Å². The molecular formula is C31H42N2O6. The average Bonchev–Trinajstić information content (AvgIpc) is 3.30. The van der Waals surface area contributed by atoms with Crippen LogP contribution in [-0.4, -0.2) is 64.1 Å². The molecule has 3 rings (SSSR count). The van der Waals surface area contributed by atoms with Crippen LogP contribution >= 0.6 is 0 Å². The second-order valence-electron chi connectivity index (χ2n) is 11.2. The van der Waals surface area contributed by atoms with Gasteiger partial charge >= 0.3 is 12.1 Å². The molecule has 39 heavy (non-hydrogen) atoms. The van der Waals surface area contributed by atoms with E-state index in [0.29, 0.717) is 12.8 Å². The lowest BCUT2D eigenvalue weighted by Crippen LogP contribution is -2.58. The highest BCUT2D eigenvalue weighted by molar-refractivity contribution is 5.79. The van der Waals surface area contributed by atoms with Gasteiger partial charge in [0, 0.05) is 6.04 Å². The number of hydrogen-bond donors (Lipinski definition) is 0. The SMILES string of the molecule is CC1CCC(C(C)N(C=O)[C@H](C(=O)OCc2ccccc2)[C@@H](C)OCc2ccccc2)N1C(=O)OC(C)(C)C. The molecule has 1 aliphatic rings. The van der Waals surface area contributed by atoms with Crippen molar-refractivity contribution in [3.05, 3.63) is 71.8 Å². The normalized spacial score (nSPS) is 19.6. The van der Waals surface area contributed by atoms with Gasteiger partial charge < -0.3 is 24.0 Å². The number of esters is 1. The number of carbonyl (C=O) groups is 3. The van der Waals surface area contributed by atoms with E-state index in [1.807, 2.05) is 95.3 Å². The van der Waals surface area contributed by atoms with Crippen LogP contribution in [0.15, 0.2) is 60.7 Å². The molecule has 0 aromatic heterocycles. The van der Waals surface area contributed by atoms with E-state index >= 15 is 0 Å². The van der Waals surface area contributed by atoms with Gasteiger partial charge in [-0.3, -0.25) is 4.79 Å². The summed E-state index contributed by atoms with van der Waals surface area (Å²) in [6.45, 7) is 11.4. The third kappa shape index (κ3) is 8.30. The lowest BCUT2D eigenvalue weighted by Gasteiger charge is -2.41. The molecule has 2 amide bonds. The van der Waals surface area contributed by atoms with Crippen molar-refractivity contribution < 1.29 is 28.6 Å². The number of likely N-dealkylation sites (tertiary alicyclic amines) is 1. The highest BCUT2D eigenvalue weighted by Gasteiger charge is 2.45. The zero-order chi connectivity index (χ0) is 28.6. The number of ether oxygens (including phenoxy) is 3. The summed E-state index contributed by atoms with van der Waals surface area (Å²) in [6.07, 6.45) is 1.01. The summed E-state index contributed by atoms with van der Waals surface area (Å²) in [5.74, 6) is -0.562. The first-order chi connectivity index (χ1) is 18.5. The van der Waals surface area contributed by atoms with Crippen LogP contribution in [0.3, 0.4) is 0 Å². The molecule has 1 aliphatic heterocycles. The molecule has 212 valence electrons. The van der Waals surface area contributed by atoms with Crippen molar-refractivity contribution in [1.29, 1.82) is 0 Å². The first-order valence-corrected chi connectivity index (χ1v) is 13.6. The van der Waals surface area contributed by atoms with Crippen molar-refractivity contribution in [1.82, 2.24) is 9.80 Å². The van der Waals surface area contributed by atoms with Gasteiger partial charge in [-0.05, 0) is 65.5 Å². The second-order valence-corrected chi connectivity index (χ2v) is 11.2. The van der Waals surface area contributed by atoms with E-state index in [1.54, 1.807) is 11.8 Å². The van der Waals surface area contributed by atoms with Crippen LogP contribution in [-0.2, 0) is 37.0 Å². The van der Waals surface area contributed by atoms with E-state index in [1.165, 1.54) is 4.90 Å². The molecule has 0 aliphatic carbocycles. The molecule has 0 radical (unpaired) electrons. The standard InChI is InChI=1S/C31H42N2O6/c1-22-17-18-27(33(22)30(36)39-31(4,5)6)23(2)32(21-34)28(24(3)37-19-25-13-9-7-10-14-25)29(35)38-20-26-15-11-8-12-16-26/h7-16,21-24,27-28H,17-20H2,1-6H3/t22?,23?,24-,27?,28+/m1/s1. The summed E-state index contributed by atoms with van der Waals surface area (Å²) in [7, 11) is 0. The van der Waals surface area contributed by atoms with E-state index in [9.17, 15) is 14.4 Å². The maximum absolute atomic E-state index is 13.5. The van der Waals surface area contributed by atoms with Gasteiger partial charge in [0.15, 0.2) is 6.04 Å². The molecule has 0 bridgehead atoms. The molecule has 1 saturated heterocycles. The Kier molecular flexibility index (Phi) is 10.5. The fourth-order valence-electron chi connectivity index (χ4n) is 5.00. The number of hydrogen-bond acceptors (Lipinski definition) is 6. The van der Waals surface area contributed by atoms with E-state index < -0.39 is 35.9 Å². The quantitative estimate of drug-likeness (QED) is 0.284. The summed E-state index contributed by atoms with van der Waals surface area (Å²) >= 11 is 0. The van der Waals surface area contributed by atoms with Crippen molar-refractivity contribution in [3.8, 4) is 0 Å². The maximum Gasteiger partial charge on any atom is 0.410 e. The van der Waals surface area contributed by atoms with E-state index in [0.717, 1.165) is 17.5 Å². The van der Waals surface area contributed by atoms with Gasteiger partial charge in [-0.25, -0.2) is 9.59 Å². The molecule has 2 aromatic rings. The summed E-state index contributed by atoms with van der Waals surface area (Å²) in [5.41, 5.74) is 1.14. The van der Waals surface area contributed by atoms with Crippen LogP contribution in [0.4, 0.5) is 4.79 Å². The number of nitrogens with zero attached hydrogens (tertiary/aromatic N) is 2. The molecule has 0 saturated carbocycles. The summed E-state index contributed by atoms with van der Waals surface area (Å²) in [5, 5.41) is 0. The zero-order valence-corrected chi connectivity index (χ0v) is 23.9. The smallest absolute Gasteiger partial charge is 0.410 e. The number of amides is 2. The fraction of sp³-hybridized carbons (Fsp3) is 0.516. The monoisotopic (exact) mass is 538 g/mol. The third-order valence-corrected chi connectivity index (χ3v) is 7.05. The minimum Gasteiger partial charge on any atom is -0.459 e. The summed E-state index contributed by atoms with van der Waals surface area (Å²) in [4.78, 5) is 42.4. The minimum atomic E-state index is -1.01. The minimum absolute atomic E-state index is 0.0592. The lowest BCUT2D eigenvalue weighted by molar-refractivity contribution is -0.163. The molecule has 2 aromatic carbocycles. The Morgan fingerprint density at radius 2 is 1.54 bits per heavy atom. The van der Waals surface area contributed by atoms with Crippen molar-refractivity contribution in [3.63, 3.8) is 0 Å². The fourth-order valence-corrected chi connectivity index (χ4v) is 5.00.